The first-order valence-electron chi connectivity index (χ1n) is 5.83. The monoisotopic (exact) mass is 265 g/mol. The zero-order valence-electron chi connectivity index (χ0n) is 11.3. The molecule has 1 amide bonds. The number of nitrogens with two attached hydrogens (primary N) is 1. The van der Waals surface area contributed by atoms with Crippen LogP contribution in [0.5, 0.6) is 5.75 Å². The van der Waals surface area contributed by atoms with Crippen LogP contribution in [-0.2, 0) is 4.79 Å². The third-order valence-corrected chi connectivity index (χ3v) is 2.31. The Bertz CT molecular complexity index is 461. The number of hydrogen-bond acceptors (Lipinski definition) is 4. The Morgan fingerprint density at radius 3 is 2.42 bits per heavy atom. The molecule has 6 nitrogen and oxygen atoms in total. The summed E-state index contributed by atoms with van der Waals surface area (Å²) in [5.41, 5.74) is 5.53. The summed E-state index contributed by atoms with van der Waals surface area (Å²) in [6, 6.07) is 6.85. The van der Waals surface area contributed by atoms with Crippen LogP contribution in [0, 0.1) is 5.41 Å². The van der Waals surface area contributed by atoms with Gasteiger partial charge in [-0.25, -0.2) is 0 Å². The smallest absolute Gasteiger partial charge is 0.229 e. The van der Waals surface area contributed by atoms with Crippen molar-refractivity contribution in [2.75, 3.05) is 11.9 Å². The molecule has 4 N–H and O–H groups in total. The van der Waals surface area contributed by atoms with Crippen molar-refractivity contribution in [3.63, 3.8) is 0 Å². The lowest BCUT2D eigenvalue weighted by atomic mass is 9.95. The van der Waals surface area contributed by atoms with E-state index >= 15 is 0 Å². The second kappa shape index (κ2) is 6.08. The summed E-state index contributed by atoms with van der Waals surface area (Å²) >= 11 is 0. The van der Waals surface area contributed by atoms with Gasteiger partial charge in [0.2, 0.25) is 5.91 Å². The fraction of sp³-hybridized carbons (Fsp3) is 0.385. The van der Waals surface area contributed by atoms with Crippen LogP contribution in [0.2, 0.25) is 0 Å². The summed E-state index contributed by atoms with van der Waals surface area (Å²) in [5, 5.41) is 14.0. The molecule has 0 bridgehead atoms. The normalized spacial score (nSPS) is 12.1. The number of carbonyl (C=O) groups excluding carboxylic acids is 1. The predicted octanol–water partition coefficient (Wildman–Crippen LogP) is 1.80. The molecule has 0 aliphatic carbocycles. The van der Waals surface area contributed by atoms with Crippen LogP contribution in [0.3, 0.4) is 0 Å². The van der Waals surface area contributed by atoms with Gasteiger partial charge in [0.1, 0.15) is 12.4 Å². The summed E-state index contributed by atoms with van der Waals surface area (Å²) in [5.74, 6) is 0.503. The third-order valence-electron chi connectivity index (χ3n) is 2.31. The van der Waals surface area contributed by atoms with Crippen molar-refractivity contribution in [3.8, 4) is 5.75 Å². The zero-order valence-corrected chi connectivity index (χ0v) is 11.3. The van der Waals surface area contributed by atoms with Crippen molar-refractivity contribution in [1.82, 2.24) is 0 Å². The van der Waals surface area contributed by atoms with Gasteiger partial charge in [0.25, 0.3) is 0 Å². The first-order chi connectivity index (χ1) is 8.82. The number of rotatable bonds is 4. The lowest BCUT2D eigenvalue weighted by Gasteiger charge is -2.17. The predicted molar refractivity (Wildman–Crippen MR) is 73.4 cm³/mol. The van der Waals surface area contributed by atoms with Crippen molar-refractivity contribution in [2.45, 2.75) is 20.8 Å². The van der Waals surface area contributed by atoms with Gasteiger partial charge in [0.15, 0.2) is 5.84 Å². The van der Waals surface area contributed by atoms with Crippen LogP contribution in [0.25, 0.3) is 0 Å². The molecule has 1 aromatic rings. The third kappa shape index (κ3) is 4.87. The molecule has 0 aliphatic heterocycles. The number of nitrogens with zero attached hydrogens (tertiary/aromatic N) is 1. The highest BCUT2D eigenvalue weighted by Crippen LogP contribution is 2.19. The van der Waals surface area contributed by atoms with E-state index in [4.69, 9.17) is 15.7 Å². The van der Waals surface area contributed by atoms with Crippen LogP contribution in [0.1, 0.15) is 20.8 Å². The zero-order chi connectivity index (χ0) is 14.5. The Balaban J connectivity index is 2.59. The molecule has 6 heteroatoms. The molecule has 0 unspecified atom stereocenters. The van der Waals surface area contributed by atoms with Gasteiger partial charge in [0, 0.05) is 11.1 Å². The van der Waals surface area contributed by atoms with Gasteiger partial charge in [-0.2, -0.15) is 0 Å². The largest absolute Gasteiger partial charge is 0.486 e. The van der Waals surface area contributed by atoms with E-state index in [1.165, 1.54) is 0 Å². The van der Waals surface area contributed by atoms with Crippen molar-refractivity contribution in [2.24, 2.45) is 16.3 Å². The van der Waals surface area contributed by atoms with Gasteiger partial charge in [-0.15, -0.1) is 0 Å². The van der Waals surface area contributed by atoms with Crippen LogP contribution < -0.4 is 15.8 Å². The fourth-order valence-corrected chi connectivity index (χ4v) is 1.14. The summed E-state index contributed by atoms with van der Waals surface area (Å²) in [6.07, 6.45) is 0. The van der Waals surface area contributed by atoms with Crippen molar-refractivity contribution in [1.29, 1.82) is 0 Å². The van der Waals surface area contributed by atoms with Gasteiger partial charge >= 0.3 is 0 Å². The number of nitrogens with one attached hydrogen (secondary N) is 1. The maximum absolute atomic E-state index is 11.8. The summed E-state index contributed by atoms with van der Waals surface area (Å²) < 4.78 is 5.26. The van der Waals surface area contributed by atoms with Crippen molar-refractivity contribution in [3.05, 3.63) is 24.3 Å². The number of oxime groups is 1. The summed E-state index contributed by atoms with van der Waals surface area (Å²) in [4.78, 5) is 11.8. The summed E-state index contributed by atoms with van der Waals surface area (Å²) in [7, 11) is 0. The van der Waals surface area contributed by atoms with Crippen LogP contribution in [0.15, 0.2) is 29.4 Å². The van der Waals surface area contributed by atoms with Gasteiger partial charge in [-0.05, 0) is 24.3 Å². The fourth-order valence-electron chi connectivity index (χ4n) is 1.14. The molecule has 0 spiro atoms. The Morgan fingerprint density at radius 2 is 1.95 bits per heavy atom. The maximum atomic E-state index is 11.8. The topological polar surface area (TPSA) is 96.9 Å². The lowest BCUT2D eigenvalue weighted by Crippen LogP contribution is -2.27. The average Bonchev–Trinajstić information content (AvgIpc) is 2.36. The molecular formula is C13H19N3O3. The molecule has 0 aliphatic rings. The Kier molecular flexibility index (Phi) is 4.74. The number of hydrogen-bond donors (Lipinski definition) is 3. The molecule has 0 aromatic heterocycles. The van der Waals surface area contributed by atoms with Gasteiger partial charge in [0.05, 0.1) is 0 Å². The molecule has 0 atom stereocenters. The lowest BCUT2D eigenvalue weighted by molar-refractivity contribution is -0.123. The Hall–Kier alpha value is -2.24. The Labute approximate surface area is 112 Å². The molecule has 0 fully saturated rings. The first kappa shape index (κ1) is 14.8. The second-order valence-electron chi connectivity index (χ2n) is 5.11. The van der Waals surface area contributed by atoms with E-state index in [9.17, 15) is 4.79 Å². The van der Waals surface area contributed by atoms with Crippen molar-refractivity contribution >= 4 is 17.4 Å². The standard InChI is InChI=1S/C13H19N3O3/c1-13(2,3)12(17)15-9-4-6-10(7-5-9)19-8-11(14)16-18/h4-7,18H,8H2,1-3H3,(H2,14,16)(H,15,17). The molecule has 1 aromatic carbocycles. The van der Waals surface area contributed by atoms with E-state index in [1.54, 1.807) is 24.3 Å². The number of amidine groups is 1. The minimum absolute atomic E-state index is 0.00416. The van der Waals surface area contributed by atoms with Crippen LogP contribution in [-0.4, -0.2) is 23.6 Å². The van der Waals surface area contributed by atoms with Gasteiger partial charge in [-0.3, -0.25) is 4.79 Å². The van der Waals surface area contributed by atoms with E-state index in [0.717, 1.165) is 0 Å². The molecule has 1 rings (SSSR count). The van der Waals surface area contributed by atoms with Crippen molar-refractivity contribution < 1.29 is 14.7 Å². The minimum Gasteiger partial charge on any atom is -0.486 e. The highest BCUT2D eigenvalue weighted by atomic mass is 16.5. The van der Waals surface area contributed by atoms with E-state index in [0.29, 0.717) is 11.4 Å². The van der Waals surface area contributed by atoms with E-state index in [1.807, 2.05) is 20.8 Å². The number of benzene rings is 1. The van der Waals surface area contributed by atoms with Gasteiger partial charge in [-0.1, -0.05) is 25.9 Å². The number of amides is 1. The molecule has 0 saturated carbocycles. The van der Waals surface area contributed by atoms with Gasteiger partial charge < -0.3 is 21.0 Å². The molecule has 0 saturated heterocycles. The first-order valence-corrected chi connectivity index (χ1v) is 5.83. The Morgan fingerprint density at radius 1 is 1.37 bits per heavy atom. The van der Waals surface area contributed by atoms with E-state index < -0.39 is 5.41 Å². The molecule has 19 heavy (non-hydrogen) atoms. The number of ether oxygens (including phenoxy) is 1. The SMILES string of the molecule is CC(C)(C)C(=O)Nc1ccc(OCC(N)=NO)cc1. The molecule has 0 heterocycles. The molecular weight excluding hydrogens is 246 g/mol. The quantitative estimate of drug-likeness (QED) is 0.334. The highest BCUT2D eigenvalue weighted by Gasteiger charge is 2.20. The minimum atomic E-state index is -0.443. The number of carbonyl (C=O) groups is 1. The van der Waals surface area contributed by atoms with E-state index in [2.05, 4.69) is 10.5 Å². The molecule has 104 valence electrons. The molecule has 0 radical (unpaired) electrons. The van der Waals surface area contributed by atoms with Crippen LogP contribution >= 0.6 is 0 Å². The highest BCUT2D eigenvalue weighted by molar-refractivity contribution is 5.94. The van der Waals surface area contributed by atoms with Crippen LogP contribution in [0.4, 0.5) is 5.69 Å². The number of anilines is 1. The second-order valence-corrected chi connectivity index (χ2v) is 5.11. The average molecular weight is 265 g/mol. The van der Waals surface area contributed by atoms with E-state index in [-0.39, 0.29) is 18.3 Å². The maximum Gasteiger partial charge on any atom is 0.229 e. The summed E-state index contributed by atoms with van der Waals surface area (Å²) in [6.45, 7) is 5.54.